The molecule has 0 bridgehead atoms. The zero-order valence-corrected chi connectivity index (χ0v) is 8.99. The Morgan fingerprint density at radius 2 is 2.33 bits per heavy atom. The van der Waals surface area contributed by atoms with Crippen LogP contribution in [-0.2, 0) is 11.3 Å². The molecule has 0 spiro atoms. The molecule has 0 aliphatic rings. The SMILES string of the molecule is C=CCOc1cc(NC)nc(COC)n1. The van der Waals surface area contributed by atoms with Crippen LogP contribution in [0, 0.1) is 0 Å². The van der Waals surface area contributed by atoms with Gasteiger partial charge >= 0.3 is 0 Å². The molecule has 5 heteroatoms. The molecule has 0 saturated carbocycles. The predicted octanol–water partition coefficient (Wildman–Crippen LogP) is 1.23. The summed E-state index contributed by atoms with van der Waals surface area (Å²) in [5, 5.41) is 2.93. The Kier molecular flexibility index (Phi) is 4.56. The fourth-order valence-corrected chi connectivity index (χ4v) is 1.01. The van der Waals surface area contributed by atoms with Crippen molar-refractivity contribution in [3.8, 4) is 5.88 Å². The Balaban J connectivity index is 2.84. The summed E-state index contributed by atoms with van der Waals surface area (Å²) in [4.78, 5) is 8.36. The second-order valence-corrected chi connectivity index (χ2v) is 2.79. The summed E-state index contributed by atoms with van der Waals surface area (Å²) in [6.07, 6.45) is 1.66. The zero-order valence-electron chi connectivity index (χ0n) is 8.99. The fraction of sp³-hybridized carbons (Fsp3) is 0.400. The molecule has 1 rings (SSSR count). The number of nitrogens with zero attached hydrogens (tertiary/aromatic N) is 2. The van der Waals surface area contributed by atoms with E-state index >= 15 is 0 Å². The van der Waals surface area contributed by atoms with Crippen molar-refractivity contribution >= 4 is 5.82 Å². The van der Waals surface area contributed by atoms with Gasteiger partial charge in [0, 0.05) is 20.2 Å². The molecule has 0 fully saturated rings. The summed E-state index contributed by atoms with van der Waals surface area (Å²) in [7, 11) is 3.38. The first-order valence-corrected chi connectivity index (χ1v) is 4.58. The highest BCUT2D eigenvalue weighted by Crippen LogP contribution is 2.13. The zero-order chi connectivity index (χ0) is 11.1. The molecule has 0 amide bonds. The second-order valence-electron chi connectivity index (χ2n) is 2.79. The van der Waals surface area contributed by atoms with E-state index in [0.717, 1.165) is 0 Å². The van der Waals surface area contributed by atoms with Gasteiger partial charge in [0.1, 0.15) is 19.0 Å². The van der Waals surface area contributed by atoms with Crippen LogP contribution in [0.1, 0.15) is 5.82 Å². The lowest BCUT2D eigenvalue weighted by atomic mass is 10.5. The Bertz CT molecular complexity index is 328. The molecule has 1 N–H and O–H groups in total. The molecule has 15 heavy (non-hydrogen) atoms. The molecule has 0 radical (unpaired) electrons. The Labute approximate surface area is 89.1 Å². The summed E-state index contributed by atoms with van der Waals surface area (Å²) >= 11 is 0. The van der Waals surface area contributed by atoms with Crippen LogP contribution in [0.4, 0.5) is 5.82 Å². The third-order valence-electron chi connectivity index (χ3n) is 1.63. The third kappa shape index (κ3) is 3.55. The predicted molar refractivity (Wildman–Crippen MR) is 58.0 cm³/mol. The molecule has 0 aromatic carbocycles. The average Bonchev–Trinajstić information content (AvgIpc) is 2.26. The molecule has 0 unspecified atom stereocenters. The number of ether oxygens (including phenoxy) is 2. The van der Waals surface area contributed by atoms with Gasteiger partial charge in [0.15, 0.2) is 5.82 Å². The van der Waals surface area contributed by atoms with Crippen LogP contribution in [0.15, 0.2) is 18.7 Å². The van der Waals surface area contributed by atoms with E-state index in [2.05, 4.69) is 21.9 Å². The molecule has 0 atom stereocenters. The van der Waals surface area contributed by atoms with Gasteiger partial charge in [0.05, 0.1) is 0 Å². The van der Waals surface area contributed by atoms with Crippen LogP contribution in [-0.4, -0.2) is 30.7 Å². The van der Waals surface area contributed by atoms with Crippen molar-refractivity contribution in [1.82, 2.24) is 9.97 Å². The standard InChI is InChI=1S/C10H15N3O2/c1-4-5-15-10-6-8(11-2)12-9(13-10)7-14-3/h4,6H,1,5,7H2,2-3H3,(H,11,12,13). The lowest BCUT2D eigenvalue weighted by Crippen LogP contribution is -2.04. The minimum absolute atomic E-state index is 0.361. The van der Waals surface area contributed by atoms with E-state index in [-0.39, 0.29) is 0 Å². The van der Waals surface area contributed by atoms with Crippen molar-refractivity contribution in [2.24, 2.45) is 0 Å². The molecule has 5 nitrogen and oxygen atoms in total. The van der Waals surface area contributed by atoms with Gasteiger partial charge in [-0.3, -0.25) is 0 Å². The molecule has 1 aromatic rings. The summed E-state index contributed by atoms with van der Waals surface area (Å²) in [5.41, 5.74) is 0. The monoisotopic (exact) mass is 209 g/mol. The number of hydrogen-bond donors (Lipinski definition) is 1. The number of methoxy groups -OCH3 is 1. The fourth-order valence-electron chi connectivity index (χ4n) is 1.01. The van der Waals surface area contributed by atoms with Gasteiger partial charge in [0.25, 0.3) is 0 Å². The van der Waals surface area contributed by atoms with Gasteiger partial charge in [-0.15, -0.1) is 0 Å². The van der Waals surface area contributed by atoms with E-state index < -0.39 is 0 Å². The Morgan fingerprint density at radius 3 is 2.93 bits per heavy atom. The van der Waals surface area contributed by atoms with E-state index in [4.69, 9.17) is 9.47 Å². The number of hydrogen-bond acceptors (Lipinski definition) is 5. The largest absolute Gasteiger partial charge is 0.473 e. The summed E-state index contributed by atoms with van der Waals surface area (Å²) < 4.78 is 10.3. The van der Waals surface area contributed by atoms with E-state index in [0.29, 0.717) is 30.7 Å². The van der Waals surface area contributed by atoms with E-state index in [1.54, 1.807) is 26.3 Å². The molecule has 1 heterocycles. The molecular weight excluding hydrogens is 194 g/mol. The van der Waals surface area contributed by atoms with Crippen molar-refractivity contribution in [2.45, 2.75) is 6.61 Å². The highest BCUT2D eigenvalue weighted by Gasteiger charge is 2.03. The smallest absolute Gasteiger partial charge is 0.219 e. The summed E-state index contributed by atoms with van der Waals surface area (Å²) in [5.74, 6) is 1.81. The van der Waals surface area contributed by atoms with Crippen molar-refractivity contribution in [1.29, 1.82) is 0 Å². The highest BCUT2D eigenvalue weighted by molar-refractivity contribution is 5.37. The summed E-state index contributed by atoms with van der Waals surface area (Å²) in [6, 6.07) is 1.72. The number of anilines is 1. The van der Waals surface area contributed by atoms with Gasteiger partial charge in [-0.25, -0.2) is 4.98 Å². The normalized spacial score (nSPS) is 9.73. The van der Waals surface area contributed by atoms with Gasteiger partial charge in [-0.05, 0) is 0 Å². The lowest BCUT2D eigenvalue weighted by Gasteiger charge is -2.07. The highest BCUT2D eigenvalue weighted by atomic mass is 16.5. The Morgan fingerprint density at radius 1 is 1.53 bits per heavy atom. The molecular formula is C10H15N3O2. The number of aromatic nitrogens is 2. The number of rotatable bonds is 6. The van der Waals surface area contributed by atoms with Gasteiger partial charge in [-0.1, -0.05) is 12.7 Å². The van der Waals surface area contributed by atoms with Crippen molar-refractivity contribution < 1.29 is 9.47 Å². The quantitative estimate of drug-likeness (QED) is 0.714. The first-order chi connectivity index (χ1) is 7.30. The van der Waals surface area contributed by atoms with Crippen LogP contribution in [0.25, 0.3) is 0 Å². The van der Waals surface area contributed by atoms with Crippen molar-refractivity contribution in [3.05, 3.63) is 24.5 Å². The molecule has 0 aliphatic carbocycles. The Hall–Kier alpha value is -1.62. The molecule has 0 aliphatic heterocycles. The van der Waals surface area contributed by atoms with E-state index in [9.17, 15) is 0 Å². The minimum Gasteiger partial charge on any atom is -0.473 e. The van der Waals surface area contributed by atoms with Gasteiger partial charge in [-0.2, -0.15) is 4.98 Å². The van der Waals surface area contributed by atoms with Gasteiger partial charge in [0.2, 0.25) is 5.88 Å². The number of nitrogens with one attached hydrogen (secondary N) is 1. The maximum Gasteiger partial charge on any atom is 0.219 e. The second kappa shape index (κ2) is 5.98. The van der Waals surface area contributed by atoms with Crippen LogP contribution < -0.4 is 10.1 Å². The van der Waals surface area contributed by atoms with Crippen LogP contribution in [0.2, 0.25) is 0 Å². The maximum absolute atomic E-state index is 5.32. The van der Waals surface area contributed by atoms with Crippen molar-refractivity contribution in [2.75, 3.05) is 26.1 Å². The lowest BCUT2D eigenvalue weighted by molar-refractivity contribution is 0.176. The minimum atomic E-state index is 0.361. The van der Waals surface area contributed by atoms with Crippen LogP contribution >= 0.6 is 0 Å². The average molecular weight is 209 g/mol. The first-order valence-electron chi connectivity index (χ1n) is 4.58. The topological polar surface area (TPSA) is 56.3 Å². The maximum atomic E-state index is 5.32. The molecule has 0 saturated heterocycles. The first kappa shape index (κ1) is 11.5. The van der Waals surface area contributed by atoms with Crippen LogP contribution in [0.3, 0.4) is 0 Å². The van der Waals surface area contributed by atoms with Crippen molar-refractivity contribution in [3.63, 3.8) is 0 Å². The molecule has 82 valence electrons. The third-order valence-corrected chi connectivity index (χ3v) is 1.63. The molecule has 1 aromatic heterocycles. The summed E-state index contributed by atoms with van der Waals surface area (Å²) in [6.45, 7) is 4.35. The van der Waals surface area contributed by atoms with Gasteiger partial charge < -0.3 is 14.8 Å². The van der Waals surface area contributed by atoms with E-state index in [1.807, 2.05) is 0 Å². The van der Waals surface area contributed by atoms with Crippen LogP contribution in [0.5, 0.6) is 5.88 Å². The van der Waals surface area contributed by atoms with E-state index in [1.165, 1.54) is 0 Å².